The zero-order valence-electron chi connectivity index (χ0n) is 10.1. The van der Waals surface area contributed by atoms with Crippen molar-refractivity contribution in [3.8, 4) is 0 Å². The molecule has 0 spiro atoms. The maximum atomic E-state index is 12.2. The van der Waals surface area contributed by atoms with Crippen LogP contribution in [0.5, 0.6) is 0 Å². The highest BCUT2D eigenvalue weighted by Crippen LogP contribution is 2.22. The van der Waals surface area contributed by atoms with E-state index in [1.165, 1.54) is 11.3 Å². The van der Waals surface area contributed by atoms with Crippen molar-refractivity contribution in [2.75, 3.05) is 4.72 Å². The molecule has 1 aliphatic carbocycles. The van der Waals surface area contributed by atoms with Crippen LogP contribution in [0.1, 0.15) is 18.4 Å². The van der Waals surface area contributed by atoms with Crippen LogP contribution in [0.2, 0.25) is 0 Å². The number of rotatable bonds is 6. The summed E-state index contributed by atoms with van der Waals surface area (Å²) in [6, 6.07) is 2.25. The Hall–Kier alpha value is -1.38. The average molecular weight is 298 g/mol. The van der Waals surface area contributed by atoms with Gasteiger partial charge in [-0.1, -0.05) is 0 Å². The van der Waals surface area contributed by atoms with Crippen molar-refractivity contribution in [3.05, 3.63) is 28.6 Å². The molecule has 3 rings (SSSR count). The second-order valence-electron chi connectivity index (χ2n) is 4.50. The van der Waals surface area contributed by atoms with Crippen molar-refractivity contribution in [2.24, 2.45) is 0 Å². The molecule has 0 atom stereocenters. The molecule has 3 N–H and O–H groups in total. The number of sulfonamides is 1. The summed E-state index contributed by atoms with van der Waals surface area (Å²) in [5.41, 5.74) is 1.23. The zero-order valence-corrected chi connectivity index (χ0v) is 11.7. The first-order valence-corrected chi connectivity index (χ1v) is 8.38. The van der Waals surface area contributed by atoms with Crippen LogP contribution in [-0.2, 0) is 16.6 Å². The monoisotopic (exact) mass is 298 g/mol. The van der Waals surface area contributed by atoms with Crippen molar-refractivity contribution >= 4 is 27.0 Å². The number of hydrogen-bond acceptors (Lipinski definition) is 5. The number of anilines is 1. The first kappa shape index (κ1) is 12.6. The lowest BCUT2D eigenvalue weighted by Crippen LogP contribution is -2.19. The van der Waals surface area contributed by atoms with Crippen LogP contribution in [0.25, 0.3) is 0 Å². The van der Waals surface area contributed by atoms with E-state index in [4.69, 9.17) is 0 Å². The number of aromatic nitrogens is 2. The molecule has 2 heterocycles. The van der Waals surface area contributed by atoms with Gasteiger partial charge in [0.05, 0.1) is 11.9 Å². The fourth-order valence-electron chi connectivity index (χ4n) is 1.73. The maximum absolute atomic E-state index is 12.2. The zero-order chi connectivity index (χ0) is 13.3. The Balaban J connectivity index is 1.78. The van der Waals surface area contributed by atoms with Crippen LogP contribution >= 0.6 is 11.3 Å². The summed E-state index contributed by atoms with van der Waals surface area (Å²) < 4.78 is 27.0. The van der Waals surface area contributed by atoms with Gasteiger partial charge in [0.15, 0.2) is 5.03 Å². The Labute approximate surface area is 115 Å². The van der Waals surface area contributed by atoms with Crippen LogP contribution in [0.3, 0.4) is 0 Å². The molecule has 6 nitrogen and oxygen atoms in total. The van der Waals surface area contributed by atoms with Gasteiger partial charge in [-0.15, -0.1) is 0 Å². The third kappa shape index (κ3) is 2.96. The first-order chi connectivity index (χ1) is 9.15. The number of hydrogen-bond donors (Lipinski definition) is 3. The molecule has 2 aromatic heterocycles. The van der Waals surface area contributed by atoms with Crippen LogP contribution in [0.15, 0.2) is 28.0 Å². The third-order valence-electron chi connectivity index (χ3n) is 2.88. The smallest absolute Gasteiger partial charge is 0.279 e. The van der Waals surface area contributed by atoms with Crippen LogP contribution in [0.4, 0.5) is 5.69 Å². The van der Waals surface area contributed by atoms with E-state index in [2.05, 4.69) is 20.2 Å². The minimum absolute atomic E-state index is 0.131. The lowest BCUT2D eigenvalue weighted by Gasteiger charge is -2.07. The number of aromatic amines is 1. The van der Waals surface area contributed by atoms with E-state index < -0.39 is 10.0 Å². The molecule has 0 aromatic carbocycles. The fraction of sp³-hybridized carbons (Fsp3) is 0.364. The lowest BCUT2D eigenvalue weighted by atomic mass is 10.3. The SMILES string of the molecule is O=S(=O)(Nc1ccsc1)c1[nH]ncc1CNC1CC1. The number of nitrogens with one attached hydrogen (secondary N) is 3. The Kier molecular flexibility index (Phi) is 3.29. The Morgan fingerprint density at radius 3 is 3.00 bits per heavy atom. The summed E-state index contributed by atoms with van der Waals surface area (Å²) in [4.78, 5) is 0. The Bertz CT molecular complexity index is 644. The van der Waals surface area contributed by atoms with Gasteiger partial charge in [-0.3, -0.25) is 9.82 Å². The highest BCUT2D eigenvalue weighted by atomic mass is 32.2. The number of thiophene rings is 1. The van der Waals surface area contributed by atoms with Gasteiger partial charge in [-0.25, -0.2) is 0 Å². The van der Waals surface area contributed by atoms with E-state index in [1.807, 2.05) is 5.38 Å². The average Bonchev–Trinajstić information content (AvgIpc) is 2.87. The highest BCUT2D eigenvalue weighted by Gasteiger charge is 2.24. The minimum atomic E-state index is -3.60. The lowest BCUT2D eigenvalue weighted by molar-refractivity contribution is 0.593. The normalized spacial score (nSPS) is 15.6. The Morgan fingerprint density at radius 2 is 2.32 bits per heavy atom. The molecule has 0 unspecified atom stereocenters. The molecule has 0 radical (unpaired) electrons. The molecule has 102 valence electrons. The molecule has 1 saturated carbocycles. The van der Waals surface area contributed by atoms with Crippen molar-refractivity contribution in [1.82, 2.24) is 15.5 Å². The van der Waals surface area contributed by atoms with E-state index >= 15 is 0 Å². The standard InChI is InChI=1S/C11H14N4O2S2/c16-19(17,15-10-3-4-18-7-10)11-8(6-13-14-11)5-12-9-1-2-9/h3-4,6-7,9,12,15H,1-2,5H2,(H,13,14). The Morgan fingerprint density at radius 1 is 1.47 bits per heavy atom. The molecular weight excluding hydrogens is 284 g/mol. The number of nitrogens with zero attached hydrogens (tertiary/aromatic N) is 1. The van der Waals surface area contributed by atoms with Gasteiger partial charge in [-0.2, -0.15) is 24.9 Å². The topological polar surface area (TPSA) is 86.9 Å². The van der Waals surface area contributed by atoms with Gasteiger partial charge in [0.25, 0.3) is 10.0 Å². The van der Waals surface area contributed by atoms with Gasteiger partial charge in [-0.05, 0) is 24.3 Å². The molecule has 1 fully saturated rings. The molecule has 0 saturated heterocycles. The number of H-pyrrole nitrogens is 1. The van der Waals surface area contributed by atoms with Crippen molar-refractivity contribution in [1.29, 1.82) is 0 Å². The summed E-state index contributed by atoms with van der Waals surface area (Å²) in [6.07, 6.45) is 3.87. The first-order valence-electron chi connectivity index (χ1n) is 5.96. The molecule has 19 heavy (non-hydrogen) atoms. The second kappa shape index (κ2) is 4.95. The van der Waals surface area contributed by atoms with Gasteiger partial charge in [0, 0.05) is 23.5 Å². The predicted octanol–water partition coefficient (Wildman–Crippen LogP) is 1.52. The van der Waals surface area contributed by atoms with E-state index in [9.17, 15) is 8.42 Å². The molecular formula is C11H14N4O2S2. The van der Waals surface area contributed by atoms with Gasteiger partial charge < -0.3 is 5.32 Å². The summed E-state index contributed by atoms with van der Waals surface area (Å²) in [6.45, 7) is 0.515. The molecule has 0 aliphatic heterocycles. The molecule has 0 bridgehead atoms. The van der Waals surface area contributed by atoms with Crippen molar-refractivity contribution in [2.45, 2.75) is 30.5 Å². The maximum Gasteiger partial charge on any atom is 0.279 e. The van der Waals surface area contributed by atoms with Crippen LogP contribution < -0.4 is 10.0 Å². The summed E-state index contributed by atoms with van der Waals surface area (Å²) in [5.74, 6) is 0. The second-order valence-corrected chi connectivity index (χ2v) is 6.90. The summed E-state index contributed by atoms with van der Waals surface area (Å²) >= 11 is 1.44. The van der Waals surface area contributed by atoms with E-state index in [1.54, 1.807) is 17.6 Å². The van der Waals surface area contributed by atoms with E-state index in [-0.39, 0.29) is 5.03 Å². The van der Waals surface area contributed by atoms with Crippen molar-refractivity contribution in [3.63, 3.8) is 0 Å². The van der Waals surface area contributed by atoms with E-state index in [0.29, 0.717) is 23.8 Å². The quantitative estimate of drug-likeness (QED) is 0.754. The minimum Gasteiger partial charge on any atom is -0.310 e. The highest BCUT2D eigenvalue weighted by molar-refractivity contribution is 7.92. The van der Waals surface area contributed by atoms with Gasteiger partial charge >= 0.3 is 0 Å². The van der Waals surface area contributed by atoms with Gasteiger partial charge in [0.2, 0.25) is 0 Å². The van der Waals surface area contributed by atoms with Gasteiger partial charge in [0.1, 0.15) is 0 Å². The summed E-state index contributed by atoms with van der Waals surface area (Å²) in [7, 11) is -3.60. The predicted molar refractivity (Wildman–Crippen MR) is 73.6 cm³/mol. The van der Waals surface area contributed by atoms with Crippen LogP contribution in [-0.4, -0.2) is 24.7 Å². The molecule has 8 heteroatoms. The molecule has 1 aliphatic rings. The van der Waals surface area contributed by atoms with Crippen molar-refractivity contribution < 1.29 is 8.42 Å². The fourth-order valence-corrected chi connectivity index (χ4v) is 3.57. The molecule has 0 amide bonds. The largest absolute Gasteiger partial charge is 0.310 e. The summed E-state index contributed by atoms with van der Waals surface area (Å²) in [5, 5.41) is 13.4. The van der Waals surface area contributed by atoms with E-state index in [0.717, 1.165) is 12.8 Å². The third-order valence-corrected chi connectivity index (χ3v) is 4.96. The molecule has 2 aromatic rings. The van der Waals surface area contributed by atoms with Crippen LogP contribution in [0, 0.1) is 0 Å².